The zero-order chi connectivity index (χ0) is 17.6. The molecule has 0 unspecified atom stereocenters. The van der Waals surface area contributed by atoms with E-state index >= 15 is 0 Å². The summed E-state index contributed by atoms with van der Waals surface area (Å²) in [6, 6.07) is 16.7. The van der Waals surface area contributed by atoms with Crippen molar-refractivity contribution in [1.82, 2.24) is 0 Å². The topological polar surface area (TPSA) is 164 Å². The quantitative estimate of drug-likeness (QED) is 0.382. The van der Waals surface area contributed by atoms with Crippen molar-refractivity contribution >= 4 is 35.1 Å². The summed E-state index contributed by atoms with van der Waals surface area (Å²) in [6.45, 7) is 0. The lowest BCUT2D eigenvalue weighted by atomic mass is 10.1. The van der Waals surface area contributed by atoms with Gasteiger partial charge in [0.15, 0.2) is 0 Å². The van der Waals surface area contributed by atoms with Gasteiger partial charge in [0.2, 0.25) is 24.3 Å². The molecule has 0 aromatic heterocycles. The summed E-state index contributed by atoms with van der Waals surface area (Å²) in [4.78, 5) is 33.4. The van der Waals surface area contributed by atoms with E-state index in [1.54, 1.807) is 0 Å². The Hall–Kier alpha value is -3.78. The average Bonchev–Trinajstić information content (AvgIpc) is 2.51. The largest absolute Gasteiger partial charge is 0.231 e. The van der Waals surface area contributed by atoms with Crippen LogP contribution >= 0.6 is 0 Å². The average molecular weight is 364 g/mol. The number of benzene rings is 2. The summed E-state index contributed by atoms with van der Waals surface area (Å²) < 4.78 is 0. The van der Waals surface area contributed by atoms with E-state index in [-0.39, 0.29) is 29.7 Å². The second-order valence-electron chi connectivity index (χ2n) is 2.76. The predicted octanol–water partition coefficient (Wildman–Crippen LogP) is 4.99. The smallest absolute Gasteiger partial charge is 0.222 e. The van der Waals surface area contributed by atoms with E-state index in [4.69, 9.17) is 40.8 Å². The van der Waals surface area contributed by atoms with Gasteiger partial charge in [-0.15, -0.1) is 0 Å². The Balaban J connectivity index is -0.0000000393. The molecule has 4 N–H and O–H groups in total. The standard InChI is InChI=1S/C10H8.4CHNO.4CH4/c1-2-6-10-8-4-3-7-9(10)5-1;4*2-1-3;;;;/h1-8H;4*2H;4*1H4. The molecule has 0 aliphatic heterocycles. The fourth-order valence-electron chi connectivity index (χ4n) is 1.13. The lowest BCUT2D eigenvalue weighted by molar-refractivity contribution is 0.562. The molecule has 2 rings (SSSR count). The first kappa shape index (κ1) is 43.2. The van der Waals surface area contributed by atoms with Crippen molar-refractivity contribution < 1.29 is 19.2 Å². The highest BCUT2D eigenvalue weighted by atomic mass is 16.1. The van der Waals surface area contributed by atoms with Gasteiger partial charge in [0.25, 0.3) is 0 Å². The Kier molecular flexibility index (Phi) is 71.3. The van der Waals surface area contributed by atoms with Gasteiger partial charge in [-0.2, -0.15) is 0 Å². The minimum Gasteiger partial charge on any atom is -0.222 e. The van der Waals surface area contributed by atoms with Crippen molar-refractivity contribution in [3.63, 3.8) is 0 Å². The number of rotatable bonds is 0. The number of hydrogen-bond donors (Lipinski definition) is 4. The van der Waals surface area contributed by atoms with E-state index in [0.29, 0.717) is 0 Å². The van der Waals surface area contributed by atoms with Gasteiger partial charge in [-0.25, -0.2) is 40.8 Å². The highest BCUT2D eigenvalue weighted by Crippen LogP contribution is 2.11. The van der Waals surface area contributed by atoms with Crippen molar-refractivity contribution in [3.05, 3.63) is 48.5 Å². The van der Waals surface area contributed by atoms with Crippen LogP contribution in [0.1, 0.15) is 29.7 Å². The summed E-state index contributed by atoms with van der Waals surface area (Å²) in [5.41, 5.74) is 0. The molecule has 0 saturated carbocycles. The van der Waals surface area contributed by atoms with E-state index < -0.39 is 0 Å². The van der Waals surface area contributed by atoms with Gasteiger partial charge in [-0.3, -0.25) is 0 Å². The first-order valence-corrected chi connectivity index (χ1v) is 5.22. The normalized spacial score (nSPS) is 5.08. The fourth-order valence-corrected chi connectivity index (χ4v) is 1.13. The summed E-state index contributed by atoms with van der Waals surface area (Å²) in [5.74, 6) is 0. The lowest BCUT2D eigenvalue weighted by Gasteiger charge is -1.92. The Labute approximate surface area is 154 Å². The second kappa shape index (κ2) is 42.9. The SMILES string of the molecule is C.C.C.C.N=C=O.N=C=O.N=C=O.N=C=O.c1ccc2ccccc2c1. The van der Waals surface area contributed by atoms with Gasteiger partial charge >= 0.3 is 0 Å². The molecule has 144 valence electrons. The Morgan fingerprint density at radius 3 is 0.692 bits per heavy atom. The van der Waals surface area contributed by atoms with Crippen molar-refractivity contribution in [2.75, 3.05) is 0 Å². The van der Waals surface area contributed by atoms with Gasteiger partial charge < -0.3 is 0 Å². The van der Waals surface area contributed by atoms with Crippen LogP contribution in [-0.4, -0.2) is 24.3 Å². The first-order valence-electron chi connectivity index (χ1n) is 5.22. The molecule has 0 aliphatic rings. The molecule has 26 heavy (non-hydrogen) atoms. The Morgan fingerprint density at radius 1 is 0.462 bits per heavy atom. The van der Waals surface area contributed by atoms with Crippen LogP contribution in [0.3, 0.4) is 0 Å². The van der Waals surface area contributed by atoms with Crippen molar-refractivity contribution in [2.45, 2.75) is 29.7 Å². The van der Waals surface area contributed by atoms with Crippen LogP contribution in [0.2, 0.25) is 0 Å². The highest BCUT2D eigenvalue weighted by molar-refractivity contribution is 5.81. The molecule has 0 saturated heterocycles. The molecule has 0 atom stereocenters. The second-order valence-corrected chi connectivity index (χ2v) is 2.76. The van der Waals surface area contributed by atoms with Crippen LogP contribution in [0.25, 0.3) is 10.8 Å². The minimum atomic E-state index is 0. The van der Waals surface area contributed by atoms with Crippen molar-refractivity contribution in [1.29, 1.82) is 21.6 Å². The van der Waals surface area contributed by atoms with Crippen LogP contribution in [0.5, 0.6) is 0 Å². The number of isocyanates is 4. The maximum Gasteiger partial charge on any atom is 0.231 e. The molecule has 8 nitrogen and oxygen atoms in total. The maximum absolute atomic E-state index is 8.35. The van der Waals surface area contributed by atoms with E-state index in [2.05, 4.69) is 48.5 Å². The molecule has 0 spiro atoms. The number of nitrogens with one attached hydrogen (secondary N) is 4. The highest BCUT2D eigenvalue weighted by Gasteiger charge is 1.85. The van der Waals surface area contributed by atoms with Gasteiger partial charge in [-0.1, -0.05) is 78.2 Å². The van der Waals surface area contributed by atoms with Gasteiger partial charge in [-0.05, 0) is 10.8 Å². The summed E-state index contributed by atoms with van der Waals surface area (Å²) in [7, 11) is 0. The van der Waals surface area contributed by atoms with Crippen molar-refractivity contribution in [2.24, 2.45) is 0 Å². The third-order valence-electron chi connectivity index (χ3n) is 1.66. The number of carbonyl (C=O) groups excluding carboxylic acids is 4. The van der Waals surface area contributed by atoms with E-state index in [1.807, 2.05) is 0 Å². The molecule has 2 aromatic carbocycles. The molecule has 0 bridgehead atoms. The number of fused-ring (bicyclic) bond motifs is 1. The first-order chi connectivity index (χ1) is 10.6. The van der Waals surface area contributed by atoms with Crippen LogP contribution in [0.15, 0.2) is 48.5 Å². The zero-order valence-electron chi connectivity index (χ0n) is 11.3. The molecule has 0 heterocycles. The molecule has 0 aliphatic carbocycles. The third-order valence-corrected chi connectivity index (χ3v) is 1.66. The molecule has 0 amide bonds. The van der Waals surface area contributed by atoms with E-state index in [9.17, 15) is 0 Å². The van der Waals surface area contributed by atoms with Gasteiger partial charge in [0, 0.05) is 0 Å². The Bertz CT molecular complexity index is 550. The van der Waals surface area contributed by atoms with Crippen LogP contribution in [0.4, 0.5) is 0 Å². The molecule has 8 heteroatoms. The summed E-state index contributed by atoms with van der Waals surface area (Å²) in [5, 5.41) is 24.2. The van der Waals surface area contributed by atoms with Gasteiger partial charge in [0.05, 0.1) is 0 Å². The molecule has 2 aromatic rings. The van der Waals surface area contributed by atoms with Crippen LogP contribution in [0, 0.1) is 21.6 Å². The molecule has 0 radical (unpaired) electrons. The predicted molar refractivity (Wildman–Crippen MR) is 105 cm³/mol. The van der Waals surface area contributed by atoms with Crippen molar-refractivity contribution in [3.8, 4) is 0 Å². The van der Waals surface area contributed by atoms with Crippen LogP contribution in [-0.2, 0) is 19.2 Å². The Morgan fingerprint density at radius 2 is 0.577 bits per heavy atom. The summed E-state index contributed by atoms with van der Waals surface area (Å²) in [6.07, 6.45) is 3.00. The molecule has 0 fully saturated rings. The monoisotopic (exact) mass is 364 g/mol. The van der Waals surface area contributed by atoms with Gasteiger partial charge in [0.1, 0.15) is 0 Å². The maximum atomic E-state index is 8.35. The van der Waals surface area contributed by atoms with Crippen LogP contribution < -0.4 is 0 Å². The molecular formula is C18H28N4O4. The fraction of sp³-hybridized carbons (Fsp3) is 0.222. The number of hydrogen-bond acceptors (Lipinski definition) is 8. The molecular weight excluding hydrogens is 336 g/mol. The third kappa shape index (κ3) is 36.9. The van der Waals surface area contributed by atoms with E-state index in [1.165, 1.54) is 10.8 Å². The van der Waals surface area contributed by atoms with E-state index in [0.717, 1.165) is 24.3 Å². The minimum absolute atomic E-state index is 0. The lowest BCUT2D eigenvalue weighted by Crippen LogP contribution is -1.67. The summed E-state index contributed by atoms with van der Waals surface area (Å²) >= 11 is 0. The zero-order valence-corrected chi connectivity index (χ0v) is 11.3.